The zero-order chi connectivity index (χ0) is 20.6. The minimum Gasteiger partial charge on any atom is -0.340 e. The zero-order valence-electron chi connectivity index (χ0n) is 16.9. The van der Waals surface area contributed by atoms with Crippen molar-refractivity contribution in [2.75, 3.05) is 6.54 Å². The van der Waals surface area contributed by atoms with Gasteiger partial charge in [0, 0.05) is 31.0 Å². The molecule has 2 heterocycles. The molecule has 2 aliphatic rings. The quantitative estimate of drug-likeness (QED) is 0.812. The minimum atomic E-state index is -3.59. The molecule has 0 atom stereocenters. The van der Waals surface area contributed by atoms with Gasteiger partial charge in [-0.25, -0.2) is 17.8 Å². The molecular formula is C21H28N4O3S. The summed E-state index contributed by atoms with van der Waals surface area (Å²) in [6.07, 6.45) is 7.27. The smallest absolute Gasteiger partial charge is 0.240 e. The summed E-state index contributed by atoms with van der Waals surface area (Å²) in [4.78, 5) is 15.1. The number of likely N-dealkylation sites (tertiary alicyclic amines) is 1. The van der Waals surface area contributed by atoms with Crippen LogP contribution in [0.5, 0.6) is 0 Å². The molecule has 1 amide bonds. The Morgan fingerprint density at radius 1 is 1.14 bits per heavy atom. The summed E-state index contributed by atoms with van der Waals surface area (Å²) in [5.74, 6) is 0.253. The Morgan fingerprint density at radius 2 is 1.83 bits per heavy atom. The molecule has 0 bridgehead atoms. The maximum atomic E-state index is 12.8. The molecular weight excluding hydrogens is 388 g/mol. The molecule has 1 aliphatic carbocycles. The topological polar surface area (TPSA) is 84.3 Å². The summed E-state index contributed by atoms with van der Waals surface area (Å²) >= 11 is 0. The summed E-state index contributed by atoms with van der Waals surface area (Å²) in [7, 11) is -3.59. The van der Waals surface area contributed by atoms with Crippen LogP contribution in [0.15, 0.2) is 47.6 Å². The monoisotopic (exact) mass is 416 g/mol. The molecule has 4 rings (SSSR count). The summed E-state index contributed by atoms with van der Waals surface area (Å²) in [5, 5.41) is 4.15. The molecule has 1 aromatic carbocycles. The van der Waals surface area contributed by atoms with E-state index < -0.39 is 10.0 Å². The van der Waals surface area contributed by atoms with Gasteiger partial charge in [0.1, 0.15) is 0 Å². The second-order valence-corrected chi connectivity index (χ2v) is 10.2. The summed E-state index contributed by atoms with van der Waals surface area (Å²) in [5.41, 5.74) is 0.528. The van der Waals surface area contributed by atoms with E-state index in [9.17, 15) is 13.2 Å². The number of hydrogen-bond donors (Lipinski definition) is 1. The molecule has 0 unspecified atom stereocenters. The lowest BCUT2D eigenvalue weighted by Crippen LogP contribution is -2.44. The molecule has 156 valence electrons. The van der Waals surface area contributed by atoms with Crippen LogP contribution in [-0.2, 0) is 14.8 Å². The number of rotatable bonds is 5. The average molecular weight is 417 g/mol. The first-order valence-electron chi connectivity index (χ1n) is 10.2. The van der Waals surface area contributed by atoms with Gasteiger partial charge in [-0.05, 0) is 76.3 Å². The average Bonchev–Trinajstić information content (AvgIpc) is 3.33. The fourth-order valence-corrected chi connectivity index (χ4v) is 5.88. The third-order valence-electron chi connectivity index (χ3n) is 6.35. The second kappa shape index (κ2) is 7.57. The lowest BCUT2D eigenvalue weighted by atomic mass is 9.71. The number of benzene rings is 1. The van der Waals surface area contributed by atoms with Gasteiger partial charge in [-0.15, -0.1) is 0 Å². The number of nitrogens with one attached hydrogen (secondary N) is 1. The van der Waals surface area contributed by atoms with Crippen LogP contribution >= 0.6 is 0 Å². The van der Waals surface area contributed by atoms with E-state index in [0.717, 1.165) is 31.5 Å². The normalized spacial score (nSPS) is 25.3. The van der Waals surface area contributed by atoms with Gasteiger partial charge >= 0.3 is 0 Å². The van der Waals surface area contributed by atoms with Crippen LogP contribution in [-0.4, -0.2) is 47.6 Å². The van der Waals surface area contributed by atoms with Crippen molar-refractivity contribution in [1.82, 2.24) is 19.4 Å². The molecule has 0 radical (unpaired) electrons. The van der Waals surface area contributed by atoms with E-state index in [0.29, 0.717) is 12.8 Å². The molecule has 1 aromatic heterocycles. The molecule has 1 saturated heterocycles. The van der Waals surface area contributed by atoms with Crippen molar-refractivity contribution in [2.45, 2.75) is 62.9 Å². The van der Waals surface area contributed by atoms with Crippen LogP contribution in [0.25, 0.3) is 5.69 Å². The fourth-order valence-electron chi connectivity index (χ4n) is 4.58. The molecule has 1 N–H and O–H groups in total. The summed E-state index contributed by atoms with van der Waals surface area (Å²) < 4.78 is 30.1. The van der Waals surface area contributed by atoms with E-state index in [4.69, 9.17) is 0 Å². The Labute approximate surface area is 172 Å². The molecule has 29 heavy (non-hydrogen) atoms. The van der Waals surface area contributed by atoms with Crippen molar-refractivity contribution in [2.24, 2.45) is 5.41 Å². The first-order valence-corrected chi connectivity index (χ1v) is 11.7. The van der Waals surface area contributed by atoms with Crippen LogP contribution in [0.3, 0.4) is 0 Å². The number of hydrogen-bond acceptors (Lipinski definition) is 4. The molecule has 2 fully saturated rings. The Bertz CT molecular complexity index is 960. The maximum absolute atomic E-state index is 12.8. The van der Waals surface area contributed by atoms with E-state index in [1.54, 1.807) is 35.1 Å². The van der Waals surface area contributed by atoms with Gasteiger partial charge in [0.2, 0.25) is 15.9 Å². The SMILES string of the molecule is CC(C)N1CC[C@]2(CC[C@@H](NS(=O)(=O)c3ccc(-n4cccn4)cc3)CC2)C1=O. The van der Waals surface area contributed by atoms with Crippen molar-refractivity contribution in [1.29, 1.82) is 0 Å². The van der Waals surface area contributed by atoms with Crippen LogP contribution < -0.4 is 4.72 Å². The zero-order valence-corrected chi connectivity index (χ0v) is 17.7. The minimum absolute atomic E-state index is 0.127. The number of carbonyl (C=O) groups is 1. The predicted molar refractivity (Wildman–Crippen MR) is 110 cm³/mol. The van der Waals surface area contributed by atoms with E-state index >= 15 is 0 Å². The van der Waals surface area contributed by atoms with E-state index in [1.165, 1.54) is 0 Å². The lowest BCUT2D eigenvalue weighted by molar-refractivity contribution is -0.139. The van der Waals surface area contributed by atoms with Crippen molar-refractivity contribution < 1.29 is 13.2 Å². The fraction of sp³-hybridized carbons (Fsp3) is 0.524. The summed E-state index contributed by atoms with van der Waals surface area (Å²) in [6.45, 7) is 4.91. The van der Waals surface area contributed by atoms with E-state index in [-0.39, 0.29) is 28.3 Å². The van der Waals surface area contributed by atoms with Crippen molar-refractivity contribution in [3.05, 3.63) is 42.7 Å². The molecule has 1 saturated carbocycles. The van der Waals surface area contributed by atoms with Crippen molar-refractivity contribution in [3.63, 3.8) is 0 Å². The Balaban J connectivity index is 1.39. The first kappa shape index (κ1) is 20.1. The van der Waals surface area contributed by atoms with Gasteiger partial charge in [-0.2, -0.15) is 5.10 Å². The van der Waals surface area contributed by atoms with Gasteiger partial charge in [0.05, 0.1) is 16.0 Å². The van der Waals surface area contributed by atoms with Gasteiger partial charge in [0.25, 0.3) is 0 Å². The van der Waals surface area contributed by atoms with Crippen LogP contribution in [0, 0.1) is 5.41 Å². The van der Waals surface area contributed by atoms with Crippen LogP contribution in [0.4, 0.5) is 0 Å². The maximum Gasteiger partial charge on any atom is 0.240 e. The van der Waals surface area contributed by atoms with Gasteiger partial charge in [-0.1, -0.05) is 0 Å². The van der Waals surface area contributed by atoms with Gasteiger partial charge in [0.15, 0.2) is 0 Å². The number of sulfonamides is 1. The van der Waals surface area contributed by atoms with Gasteiger partial charge < -0.3 is 4.90 Å². The highest BCUT2D eigenvalue weighted by Crippen LogP contribution is 2.45. The second-order valence-electron chi connectivity index (χ2n) is 8.46. The lowest BCUT2D eigenvalue weighted by Gasteiger charge is -2.36. The molecule has 1 spiro atoms. The highest BCUT2D eigenvalue weighted by molar-refractivity contribution is 7.89. The van der Waals surface area contributed by atoms with Crippen molar-refractivity contribution >= 4 is 15.9 Å². The van der Waals surface area contributed by atoms with Crippen LogP contribution in [0.2, 0.25) is 0 Å². The molecule has 1 aliphatic heterocycles. The Kier molecular flexibility index (Phi) is 5.25. The van der Waals surface area contributed by atoms with Crippen molar-refractivity contribution in [3.8, 4) is 5.69 Å². The third kappa shape index (κ3) is 3.83. The number of aromatic nitrogens is 2. The van der Waals surface area contributed by atoms with E-state index in [2.05, 4.69) is 9.82 Å². The summed E-state index contributed by atoms with van der Waals surface area (Å²) in [6, 6.07) is 8.61. The van der Waals surface area contributed by atoms with Gasteiger partial charge in [-0.3, -0.25) is 4.79 Å². The number of nitrogens with zero attached hydrogens (tertiary/aromatic N) is 3. The number of amides is 1. The predicted octanol–water partition coefficient (Wildman–Crippen LogP) is 2.72. The largest absolute Gasteiger partial charge is 0.340 e. The van der Waals surface area contributed by atoms with Crippen LogP contribution in [0.1, 0.15) is 46.0 Å². The molecule has 2 aromatic rings. The highest BCUT2D eigenvalue weighted by atomic mass is 32.2. The Morgan fingerprint density at radius 3 is 2.38 bits per heavy atom. The first-order chi connectivity index (χ1) is 13.8. The standard InChI is InChI=1S/C21H28N4O3S/c1-16(2)24-15-12-21(20(24)26)10-8-17(9-11-21)23-29(27,28)19-6-4-18(5-7-19)25-14-3-13-22-25/h3-7,13-14,16-17,23H,8-12,15H2,1-2H3/t17-,21-. The molecule has 8 heteroatoms. The van der Waals surface area contributed by atoms with E-state index in [1.807, 2.05) is 31.0 Å². The highest BCUT2D eigenvalue weighted by Gasteiger charge is 2.49. The molecule has 7 nitrogen and oxygen atoms in total. The number of carbonyl (C=O) groups excluding carboxylic acids is 1. The Hall–Kier alpha value is -2.19. The third-order valence-corrected chi connectivity index (χ3v) is 7.89.